The van der Waals surface area contributed by atoms with E-state index in [1.165, 1.54) is 84.3 Å². The van der Waals surface area contributed by atoms with E-state index < -0.39 is 0 Å². The summed E-state index contributed by atoms with van der Waals surface area (Å²) < 4.78 is 2.43. The van der Waals surface area contributed by atoms with Crippen LogP contribution < -0.4 is 4.57 Å². The lowest BCUT2D eigenvalue weighted by atomic mass is 10.1. The summed E-state index contributed by atoms with van der Waals surface area (Å²) in [6.45, 7) is 3.38. The molecule has 1 N–H and O–H groups in total. The molecule has 0 aliphatic heterocycles. The maximum atomic E-state index is 3.36. The molecule has 0 bridgehead atoms. The minimum atomic E-state index is 1.10. The second-order valence-electron chi connectivity index (χ2n) is 8.58. The molecular weight excluding hydrogens is 376 g/mol. The van der Waals surface area contributed by atoms with Gasteiger partial charge in [0.2, 0.25) is 5.52 Å². The molecule has 2 aromatic carbocycles. The van der Waals surface area contributed by atoms with Crippen LogP contribution in [-0.4, -0.2) is 4.98 Å². The van der Waals surface area contributed by atoms with Gasteiger partial charge < -0.3 is 4.98 Å². The van der Waals surface area contributed by atoms with Gasteiger partial charge in [-0.1, -0.05) is 87.9 Å². The molecule has 0 spiro atoms. The Hall–Kier alpha value is -2.87. The lowest BCUT2D eigenvalue weighted by molar-refractivity contribution is -0.671. The molecule has 0 saturated carbocycles. The standard InChI is InChI=1S/C29H34N2/c1-2-3-4-5-6-7-8-13-21-31-22-20-24(27-15-10-12-17-29(27)31)18-19-25-23-30-28-16-11-9-14-26(25)28/h9-12,14-20,22-23H,2-8,13,21H2,1H3/p+1. The van der Waals surface area contributed by atoms with Gasteiger partial charge in [0.25, 0.3) is 0 Å². The highest BCUT2D eigenvalue weighted by Gasteiger charge is 2.11. The van der Waals surface area contributed by atoms with E-state index in [1.54, 1.807) is 0 Å². The average molecular weight is 412 g/mol. The number of hydrogen-bond acceptors (Lipinski definition) is 0. The van der Waals surface area contributed by atoms with Crippen molar-refractivity contribution in [3.63, 3.8) is 0 Å². The molecular formula is C29H35N2+. The van der Waals surface area contributed by atoms with Crippen LogP contribution in [0.3, 0.4) is 0 Å². The number of para-hydroxylation sites is 2. The third-order valence-corrected chi connectivity index (χ3v) is 6.27. The van der Waals surface area contributed by atoms with Crippen LogP contribution in [0.1, 0.15) is 69.4 Å². The molecule has 160 valence electrons. The normalized spacial score (nSPS) is 11.8. The van der Waals surface area contributed by atoms with Crippen molar-refractivity contribution in [1.29, 1.82) is 0 Å². The molecule has 2 nitrogen and oxygen atoms in total. The zero-order valence-electron chi connectivity index (χ0n) is 18.8. The molecule has 0 saturated heterocycles. The van der Waals surface area contributed by atoms with E-state index in [-0.39, 0.29) is 0 Å². The number of pyridine rings is 1. The number of aryl methyl sites for hydroxylation is 1. The molecule has 31 heavy (non-hydrogen) atoms. The summed E-state index contributed by atoms with van der Waals surface area (Å²) >= 11 is 0. The van der Waals surface area contributed by atoms with Gasteiger partial charge >= 0.3 is 0 Å². The Morgan fingerprint density at radius 1 is 0.710 bits per heavy atom. The minimum Gasteiger partial charge on any atom is -0.361 e. The second-order valence-corrected chi connectivity index (χ2v) is 8.58. The average Bonchev–Trinajstić information content (AvgIpc) is 3.23. The smallest absolute Gasteiger partial charge is 0.213 e. The van der Waals surface area contributed by atoms with E-state index in [2.05, 4.69) is 95.6 Å². The first-order chi connectivity index (χ1) is 15.4. The van der Waals surface area contributed by atoms with Crippen LogP contribution in [0.5, 0.6) is 0 Å². The van der Waals surface area contributed by atoms with E-state index in [0.717, 1.165) is 6.54 Å². The Bertz CT molecular complexity index is 1140. The van der Waals surface area contributed by atoms with E-state index in [9.17, 15) is 0 Å². The zero-order valence-corrected chi connectivity index (χ0v) is 18.8. The highest BCUT2D eigenvalue weighted by molar-refractivity contribution is 5.94. The maximum absolute atomic E-state index is 3.36. The van der Waals surface area contributed by atoms with E-state index in [0.29, 0.717) is 0 Å². The van der Waals surface area contributed by atoms with Gasteiger partial charge in [0.05, 0.1) is 5.39 Å². The molecule has 0 unspecified atom stereocenters. The topological polar surface area (TPSA) is 19.7 Å². The SMILES string of the molecule is CCCCCCCCCC[n+]1ccc(/C=C/c2c[nH]c3ccccc23)c2ccccc21. The Kier molecular flexibility index (Phi) is 7.55. The fourth-order valence-corrected chi connectivity index (χ4v) is 4.48. The van der Waals surface area contributed by atoms with Crippen LogP contribution in [0.25, 0.3) is 34.0 Å². The lowest BCUT2D eigenvalue weighted by Gasteiger charge is -2.05. The number of aromatic nitrogens is 2. The Morgan fingerprint density at radius 3 is 2.23 bits per heavy atom. The van der Waals surface area contributed by atoms with Crippen LogP contribution in [0.2, 0.25) is 0 Å². The molecule has 0 fully saturated rings. The van der Waals surface area contributed by atoms with Crippen molar-refractivity contribution in [2.45, 2.75) is 64.8 Å². The fraction of sp³-hybridized carbons (Fsp3) is 0.345. The van der Waals surface area contributed by atoms with Crippen LogP contribution in [-0.2, 0) is 6.54 Å². The van der Waals surface area contributed by atoms with Crippen molar-refractivity contribution in [2.75, 3.05) is 0 Å². The zero-order chi connectivity index (χ0) is 21.3. The van der Waals surface area contributed by atoms with E-state index >= 15 is 0 Å². The van der Waals surface area contributed by atoms with Crippen LogP contribution in [0, 0.1) is 0 Å². The predicted octanol–water partition coefficient (Wildman–Crippen LogP) is 7.92. The Labute approximate surface area is 186 Å². The molecule has 2 heteroatoms. The summed E-state index contributed by atoms with van der Waals surface area (Å²) in [7, 11) is 0. The summed E-state index contributed by atoms with van der Waals surface area (Å²) in [4.78, 5) is 3.36. The Balaban J connectivity index is 1.43. The third-order valence-electron chi connectivity index (χ3n) is 6.27. The van der Waals surface area contributed by atoms with E-state index in [1.807, 2.05) is 0 Å². The van der Waals surface area contributed by atoms with Crippen molar-refractivity contribution in [3.05, 3.63) is 78.1 Å². The number of benzene rings is 2. The molecule has 0 atom stereocenters. The van der Waals surface area contributed by atoms with Gasteiger partial charge in [-0.15, -0.1) is 0 Å². The second kappa shape index (κ2) is 10.9. The van der Waals surface area contributed by atoms with Crippen molar-refractivity contribution in [2.24, 2.45) is 0 Å². The van der Waals surface area contributed by atoms with Crippen LogP contribution >= 0.6 is 0 Å². The molecule has 0 aliphatic carbocycles. The fourth-order valence-electron chi connectivity index (χ4n) is 4.48. The van der Waals surface area contributed by atoms with Gasteiger partial charge in [-0.25, -0.2) is 0 Å². The number of H-pyrrole nitrogens is 1. The van der Waals surface area contributed by atoms with Gasteiger partial charge in [0.15, 0.2) is 6.20 Å². The summed E-state index contributed by atoms with van der Waals surface area (Å²) in [5.41, 5.74) is 5.01. The molecule has 0 radical (unpaired) electrons. The van der Waals surface area contributed by atoms with Crippen molar-refractivity contribution in [1.82, 2.24) is 4.98 Å². The molecule has 4 rings (SSSR count). The number of rotatable bonds is 11. The predicted molar refractivity (Wildman–Crippen MR) is 134 cm³/mol. The van der Waals surface area contributed by atoms with Crippen molar-refractivity contribution < 1.29 is 4.57 Å². The number of aromatic amines is 1. The highest BCUT2D eigenvalue weighted by Crippen LogP contribution is 2.22. The maximum Gasteiger partial charge on any atom is 0.213 e. The van der Waals surface area contributed by atoms with Crippen LogP contribution in [0.4, 0.5) is 0 Å². The molecule has 0 aliphatic rings. The first-order valence-electron chi connectivity index (χ1n) is 12.0. The number of nitrogens with zero attached hydrogens (tertiary/aromatic N) is 1. The quantitative estimate of drug-likeness (QED) is 0.191. The first-order valence-corrected chi connectivity index (χ1v) is 12.0. The summed E-state index contributed by atoms with van der Waals surface area (Å²) in [6, 6.07) is 19.5. The van der Waals surface area contributed by atoms with Gasteiger partial charge in [0, 0.05) is 35.7 Å². The summed E-state index contributed by atoms with van der Waals surface area (Å²) in [5, 5.41) is 2.59. The number of fused-ring (bicyclic) bond motifs is 2. The summed E-state index contributed by atoms with van der Waals surface area (Å²) in [6.07, 6.45) is 19.7. The van der Waals surface area contributed by atoms with E-state index in [4.69, 9.17) is 0 Å². The molecule has 0 amide bonds. The number of unbranched alkanes of at least 4 members (excludes halogenated alkanes) is 7. The Morgan fingerprint density at radius 2 is 1.39 bits per heavy atom. The van der Waals surface area contributed by atoms with Crippen LogP contribution in [0.15, 0.2) is 67.0 Å². The minimum absolute atomic E-state index is 1.10. The van der Waals surface area contributed by atoms with Gasteiger partial charge in [0.1, 0.15) is 6.54 Å². The molecule has 2 aromatic heterocycles. The van der Waals surface area contributed by atoms with Gasteiger partial charge in [-0.2, -0.15) is 4.57 Å². The molecule has 2 heterocycles. The van der Waals surface area contributed by atoms with Crippen molar-refractivity contribution in [3.8, 4) is 0 Å². The van der Waals surface area contributed by atoms with Gasteiger partial charge in [-0.3, -0.25) is 0 Å². The van der Waals surface area contributed by atoms with Crippen molar-refractivity contribution >= 4 is 34.0 Å². The van der Waals surface area contributed by atoms with Gasteiger partial charge in [-0.05, 0) is 29.7 Å². The third kappa shape index (κ3) is 5.44. The number of nitrogens with one attached hydrogen (secondary N) is 1. The monoisotopic (exact) mass is 411 g/mol. The highest BCUT2D eigenvalue weighted by atomic mass is 14.9. The summed E-state index contributed by atoms with van der Waals surface area (Å²) in [5.74, 6) is 0. The lowest BCUT2D eigenvalue weighted by Crippen LogP contribution is -2.34. The largest absolute Gasteiger partial charge is 0.361 e. The number of hydrogen-bond donors (Lipinski definition) is 1. The first kappa shape index (κ1) is 21.4. The molecule has 4 aromatic rings.